The van der Waals surface area contributed by atoms with Crippen LogP contribution in [0.25, 0.3) is 6.08 Å². The Bertz CT molecular complexity index is 892. The van der Waals surface area contributed by atoms with Gasteiger partial charge < -0.3 is 18.6 Å². The van der Waals surface area contributed by atoms with E-state index in [4.69, 9.17) is 18.6 Å². The molecule has 35 heavy (non-hydrogen) atoms. The van der Waals surface area contributed by atoms with Gasteiger partial charge in [-0.1, -0.05) is 45.6 Å². The fraction of sp³-hybridized carbons (Fsp3) is 0.643. The summed E-state index contributed by atoms with van der Waals surface area (Å²) in [6.45, 7) is 18.5. The molecule has 2 fully saturated rings. The standard InChI is InChI=1S/C28H42BrFO4Si/c1-8-12-20-21(18-32-35(6,7)28(3,4)5)24(33-25-13-10-11-16-31-25)17-23(20)34-27-19(9-2)14-15-22(29)26(27)30/h8-9,12,14-15,20-21,23-25H,2,10-11,13,16-18H2,1,3-7H3/t20-,21-,23+,24-,25?/m1/s1. The highest BCUT2D eigenvalue weighted by Gasteiger charge is 2.47. The summed E-state index contributed by atoms with van der Waals surface area (Å²) in [4.78, 5) is 0. The van der Waals surface area contributed by atoms with E-state index in [0.717, 1.165) is 25.9 Å². The van der Waals surface area contributed by atoms with E-state index >= 15 is 4.39 Å². The molecule has 5 atom stereocenters. The van der Waals surface area contributed by atoms with E-state index in [1.807, 2.05) is 19.1 Å². The zero-order valence-corrected chi connectivity index (χ0v) is 24.7. The van der Waals surface area contributed by atoms with Crippen molar-refractivity contribution >= 4 is 30.3 Å². The molecule has 4 nitrogen and oxygen atoms in total. The van der Waals surface area contributed by atoms with Crippen LogP contribution in [0.1, 0.15) is 58.9 Å². The lowest BCUT2D eigenvalue weighted by Gasteiger charge is -2.38. The Hall–Kier alpha value is -0.993. The molecule has 0 spiro atoms. The van der Waals surface area contributed by atoms with Crippen LogP contribution in [0.4, 0.5) is 4.39 Å². The summed E-state index contributed by atoms with van der Waals surface area (Å²) < 4.78 is 41.1. The maximum absolute atomic E-state index is 15.1. The first-order valence-electron chi connectivity index (χ1n) is 12.8. The van der Waals surface area contributed by atoms with Crippen molar-refractivity contribution in [1.82, 2.24) is 0 Å². The molecule has 1 saturated heterocycles. The molecule has 3 rings (SSSR count). The van der Waals surface area contributed by atoms with Crippen molar-refractivity contribution in [2.45, 2.75) is 90.0 Å². The maximum Gasteiger partial charge on any atom is 0.191 e. The molecule has 1 aliphatic heterocycles. The van der Waals surface area contributed by atoms with Crippen LogP contribution < -0.4 is 4.74 Å². The van der Waals surface area contributed by atoms with Gasteiger partial charge in [0.15, 0.2) is 26.2 Å². The molecule has 0 radical (unpaired) electrons. The van der Waals surface area contributed by atoms with Crippen LogP contribution in [-0.2, 0) is 13.9 Å². The molecule has 1 aromatic rings. The number of allylic oxidation sites excluding steroid dienone is 1. The topological polar surface area (TPSA) is 36.9 Å². The lowest BCUT2D eigenvalue weighted by Crippen LogP contribution is -2.44. The Morgan fingerprint density at radius 3 is 2.57 bits per heavy atom. The van der Waals surface area contributed by atoms with Gasteiger partial charge in [-0.25, -0.2) is 4.39 Å². The number of hydrogen-bond acceptors (Lipinski definition) is 4. The third-order valence-electron chi connectivity index (χ3n) is 7.76. The summed E-state index contributed by atoms with van der Waals surface area (Å²) >= 11 is 3.30. The highest BCUT2D eigenvalue weighted by atomic mass is 79.9. The molecular weight excluding hydrogens is 527 g/mol. The molecular formula is C28H42BrFO4Si. The summed E-state index contributed by atoms with van der Waals surface area (Å²) in [6, 6.07) is 3.50. The zero-order chi connectivity index (χ0) is 25.8. The van der Waals surface area contributed by atoms with Crippen molar-refractivity contribution in [2.75, 3.05) is 13.2 Å². The van der Waals surface area contributed by atoms with Crippen molar-refractivity contribution in [2.24, 2.45) is 11.8 Å². The molecule has 7 heteroatoms. The summed E-state index contributed by atoms with van der Waals surface area (Å²) in [7, 11) is -1.97. The van der Waals surface area contributed by atoms with E-state index in [1.54, 1.807) is 12.1 Å². The summed E-state index contributed by atoms with van der Waals surface area (Å²) in [6.07, 6.45) is 8.99. The summed E-state index contributed by atoms with van der Waals surface area (Å²) in [5, 5.41) is 0.110. The SMILES string of the molecule is C=Cc1ccc(Br)c(F)c1O[C@H]1C[C@@H](OC2CCCCO2)[C@H](CO[Si](C)(C)C(C)(C)C)[C@H]1C=CC. The minimum atomic E-state index is -1.97. The quantitative estimate of drug-likeness (QED) is 0.222. The Morgan fingerprint density at radius 2 is 1.97 bits per heavy atom. The monoisotopic (exact) mass is 568 g/mol. The highest BCUT2D eigenvalue weighted by Crippen LogP contribution is 2.43. The van der Waals surface area contributed by atoms with Gasteiger partial charge in [-0.3, -0.25) is 0 Å². The number of rotatable bonds is 9. The Morgan fingerprint density at radius 1 is 1.23 bits per heavy atom. The lowest BCUT2D eigenvalue weighted by molar-refractivity contribution is -0.197. The van der Waals surface area contributed by atoms with Gasteiger partial charge in [0.1, 0.15) is 6.10 Å². The third kappa shape index (κ3) is 6.86. The second kappa shape index (κ2) is 12.0. The first-order valence-corrected chi connectivity index (χ1v) is 16.5. The van der Waals surface area contributed by atoms with Crippen molar-refractivity contribution < 1.29 is 23.0 Å². The van der Waals surface area contributed by atoms with Crippen LogP contribution in [0.3, 0.4) is 0 Å². The normalized spacial score (nSPS) is 27.9. The van der Waals surface area contributed by atoms with Crippen LogP contribution in [-0.4, -0.2) is 40.0 Å². The fourth-order valence-corrected chi connectivity index (χ4v) is 5.94. The summed E-state index contributed by atoms with van der Waals surface area (Å²) in [5.74, 6) is -0.0733. The second-order valence-electron chi connectivity index (χ2n) is 11.2. The van der Waals surface area contributed by atoms with Gasteiger partial charge in [-0.2, -0.15) is 0 Å². The van der Waals surface area contributed by atoms with Gasteiger partial charge in [0.2, 0.25) is 0 Å². The van der Waals surface area contributed by atoms with Crippen LogP contribution >= 0.6 is 15.9 Å². The first-order chi connectivity index (χ1) is 16.5. The van der Waals surface area contributed by atoms with Crippen LogP contribution in [0.2, 0.25) is 18.1 Å². The largest absolute Gasteiger partial charge is 0.486 e. The lowest BCUT2D eigenvalue weighted by atomic mass is 9.94. The Balaban J connectivity index is 1.90. The minimum Gasteiger partial charge on any atom is -0.486 e. The predicted molar refractivity (Wildman–Crippen MR) is 147 cm³/mol. The van der Waals surface area contributed by atoms with E-state index in [1.165, 1.54) is 0 Å². The Kier molecular flexibility index (Phi) is 9.83. The van der Waals surface area contributed by atoms with Gasteiger partial charge in [-0.15, -0.1) is 0 Å². The molecule has 1 unspecified atom stereocenters. The molecule has 0 N–H and O–H groups in total. The van der Waals surface area contributed by atoms with Crippen molar-refractivity contribution in [1.29, 1.82) is 0 Å². The highest BCUT2D eigenvalue weighted by molar-refractivity contribution is 9.10. The van der Waals surface area contributed by atoms with E-state index in [0.29, 0.717) is 23.1 Å². The average molecular weight is 570 g/mol. The van der Waals surface area contributed by atoms with Gasteiger partial charge in [0.05, 0.1) is 10.6 Å². The van der Waals surface area contributed by atoms with Crippen molar-refractivity contribution in [3.05, 3.63) is 46.7 Å². The van der Waals surface area contributed by atoms with E-state index in [-0.39, 0.29) is 41.1 Å². The van der Waals surface area contributed by atoms with Crippen LogP contribution in [0.5, 0.6) is 5.75 Å². The predicted octanol–water partition coefficient (Wildman–Crippen LogP) is 8.12. The van der Waals surface area contributed by atoms with E-state index in [9.17, 15) is 0 Å². The van der Waals surface area contributed by atoms with Crippen LogP contribution in [0.15, 0.2) is 35.3 Å². The summed E-state index contributed by atoms with van der Waals surface area (Å²) in [5.41, 5.74) is 0.638. The van der Waals surface area contributed by atoms with Gasteiger partial charge >= 0.3 is 0 Å². The number of ether oxygens (including phenoxy) is 3. The Labute approximate surface area is 220 Å². The van der Waals surface area contributed by atoms with Crippen LogP contribution in [0, 0.1) is 17.7 Å². The second-order valence-corrected chi connectivity index (χ2v) is 16.8. The van der Waals surface area contributed by atoms with Gasteiger partial charge in [0, 0.05) is 37.0 Å². The molecule has 1 aromatic carbocycles. The smallest absolute Gasteiger partial charge is 0.191 e. The number of halogens is 2. The average Bonchev–Trinajstić information content (AvgIpc) is 3.11. The van der Waals surface area contributed by atoms with Crippen molar-refractivity contribution in [3.8, 4) is 5.75 Å². The molecule has 196 valence electrons. The molecule has 0 aromatic heterocycles. The number of hydrogen-bond donors (Lipinski definition) is 0. The van der Waals surface area contributed by atoms with Gasteiger partial charge in [-0.05, 0) is 72.4 Å². The fourth-order valence-electron chi connectivity index (χ4n) is 4.59. The molecule has 1 saturated carbocycles. The molecule has 2 aliphatic rings. The first kappa shape index (κ1) is 28.6. The zero-order valence-electron chi connectivity index (χ0n) is 22.1. The molecule has 1 aliphatic carbocycles. The van der Waals surface area contributed by atoms with E-state index in [2.05, 4.69) is 62.5 Å². The van der Waals surface area contributed by atoms with E-state index < -0.39 is 14.1 Å². The van der Waals surface area contributed by atoms with Crippen molar-refractivity contribution in [3.63, 3.8) is 0 Å². The molecule has 0 amide bonds. The maximum atomic E-state index is 15.1. The van der Waals surface area contributed by atoms with Gasteiger partial charge in [0.25, 0.3) is 0 Å². The minimum absolute atomic E-state index is 0.0226. The molecule has 0 bridgehead atoms. The molecule has 1 heterocycles. The third-order valence-corrected chi connectivity index (χ3v) is 12.9. The number of benzene rings is 1.